The molecule has 2 aromatic rings. The Morgan fingerprint density at radius 3 is 2.46 bits per heavy atom. The molecule has 3 aliphatic rings. The summed E-state index contributed by atoms with van der Waals surface area (Å²) in [6.45, 7) is 1.72. The fraction of sp³-hybridized carbons (Fsp3) is 0.286. The molecule has 3 saturated heterocycles. The van der Waals surface area contributed by atoms with Crippen LogP contribution in [0.2, 0.25) is 0 Å². The van der Waals surface area contributed by atoms with Gasteiger partial charge in [0, 0.05) is 36.7 Å². The monoisotopic (exact) mass is 382 g/mol. The fourth-order valence-electron chi connectivity index (χ4n) is 3.87. The van der Waals surface area contributed by atoms with E-state index in [1.807, 2.05) is 0 Å². The first-order valence-electron chi connectivity index (χ1n) is 9.19. The molecule has 2 bridgehead atoms. The number of carbonyl (C=O) groups is 1. The number of rotatable bonds is 4. The van der Waals surface area contributed by atoms with Crippen LogP contribution in [-0.2, 0) is 4.74 Å². The normalized spacial score (nSPS) is 22.3. The first kappa shape index (κ1) is 18.2. The Balaban J connectivity index is 1.60. The highest BCUT2D eigenvalue weighted by Crippen LogP contribution is 2.38. The van der Waals surface area contributed by atoms with Crippen molar-refractivity contribution in [1.29, 1.82) is 0 Å². The molecule has 144 valence electrons. The highest BCUT2D eigenvalue weighted by atomic mass is 19.1. The van der Waals surface area contributed by atoms with E-state index in [1.165, 1.54) is 30.3 Å². The van der Waals surface area contributed by atoms with Crippen LogP contribution in [0.3, 0.4) is 0 Å². The van der Waals surface area contributed by atoms with Gasteiger partial charge in [-0.15, -0.1) is 0 Å². The Labute approximate surface area is 161 Å². The zero-order chi connectivity index (χ0) is 19.7. The predicted molar refractivity (Wildman–Crippen MR) is 101 cm³/mol. The molecule has 0 spiro atoms. The number of carbonyl (C=O) groups excluding carboxylic acids is 1. The van der Waals surface area contributed by atoms with E-state index in [2.05, 4.69) is 4.90 Å². The highest BCUT2D eigenvalue weighted by Gasteiger charge is 2.40. The van der Waals surface area contributed by atoms with Crippen molar-refractivity contribution in [2.24, 2.45) is 5.92 Å². The molecule has 3 heterocycles. The largest absolute Gasteiger partial charge is 0.452 e. The van der Waals surface area contributed by atoms with Crippen molar-refractivity contribution in [3.8, 4) is 0 Å². The first-order chi connectivity index (χ1) is 13.5. The van der Waals surface area contributed by atoms with Gasteiger partial charge in [-0.2, -0.15) is 0 Å². The summed E-state index contributed by atoms with van der Waals surface area (Å²) < 4.78 is 19.9. The van der Waals surface area contributed by atoms with Crippen LogP contribution in [0, 0.1) is 21.8 Å². The van der Waals surface area contributed by atoms with E-state index in [1.54, 1.807) is 24.3 Å². The van der Waals surface area contributed by atoms with Crippen molar-refractivity contribution in [3.05, 3.63) is 81.3 Å². The molecular weight excluding hydrogens is 363 g/mol. The van der Waals surface area contributed by atoms with E-state index in [9.17, 15) is 19.3 Å². The molecule has 1 unspecified atom stereocenters. The standard InChI is InChI=1S/C21H19FN2O4/c22-18-4-2-1-3-16(18)13-19-20(14-9-11-23(19)12-10-14)28-21(25)15-5-7-17(8-6-15)24(26)27/h1-8,13-14,20H,9-12H2/b19-13-. The molecule has 1 atom stereocenters. The molecule has 0 saturated carbocycles. The maximum absolute atomic E-state index is 14.1. The van der Waals surface area contributed by atoms with Gasteiger partial charge in [0.25, 0.3) is 5.69 Å². The van der Waals surface area contributed by atoms with Gasteiger partial charge in [-0.05, 0) is 37.1 Å². The zero-order valence-corrected chi connectivity index (χ0v) is 15.1. The third-order valence-electron chi connectivity index (χ3n) is 5.38. The lowest BCUT2D eigenvalue weighted by atomic mass is 9.82. The minimum Gasteiger partial charge on any atom is -0.452 e. The first-order valence-corrected chi connectivity index (χ1v) is 9.19. The number of hydrogen-bond donors (Lipinski definition) is 0. The molecular formula is C21H19FN2O4. The van der Waals surface area contributed by atoms with E-state index in [-0.39, 0.29) is 23.0 Å². The number of hydrogen-bond acceptors (Lipinski definition) is 5. The van der Waals surface area contributed by atoms with Crippen LogP contribution in [-0.4, -0.2) is 35.0 Å². The number of ether oxygens (including phenoxy) is 1. The number of piperidine rings is 3. The maximum Gasteiger partial charge on any atom is 0.338 e. The Morgan fingerprint density at radius 2 is 1.82 bits per heavy atom. The van der Waals surface area contributed by atoms with Crippen molar-refractivity contribution < 1.29 is 18.8 Å². The molecule has 3 aliphatic heterocycles. The molecule has 5 rings (SSSR count). The van der Waals surface area contributed by atoms with E-state index in [0.717, 1.165) is 31.6 Å². The third kappa shape index (κ3) is 3.47. The van der Waals surface area contributed by atoms with Gasteiger partial charge in [-0.25, -0.2) is 9.18 Å². The highest BCUT2D eigenvalue weighted by molar-refractivity contribution is 5.90. The molecule has 0 radical (unpaired) electrons. The molecule has 2 aromatic carbocycles. The second kappa shape index (κ2) is 7.42. The van der Waals surface area contributed by atoms with E-state index in [4.69, 9.17) is 4.74 Å². The van der Waals surface area contributed by atoms with Gasteiger partial charge in [0.05, 0.1) is 16.2 Å². The Kier molecular flexibility index (Phi) is 4.81. The summed E-state index contributed by atoms with van der Waals surface area (Å²) in [6, 6.07) is 11.8. The van der Waals surface area contributed by atoms with Crippen LogP contribution in [0.25, 0.3) is 6.08 Å². The van der Waals surface area contributed by atoms with Gasteiger partial charge in [0.2, 0.25) is 0 Å². The number of nitrogens with zero attached hydrogens (tertiary/aromatic N) is 2. The summed E-state index contributed by atoms with van der Waals surface area (Å²) in [4.78, 5) is 25.0. The number of nitro benzene ring substituents is 1. The van der Waals surface area contributed by atoms with Gasteiger partial charge in [-0.3, -0.25) is 10.1 Å². The lowest BCUT2D eigenvalue weighted by Gasteiger charge is -2.47. The molecule has 3 fully saturated rings. The molecule has 0 aromatic heterocycles. The lowest BCUT2D eigenvalue weighted by molar-refractivity contribution is -0.384. The van der Waals surface area contributed by atoms with Crippen molar-refractivity contribution in [2.45, 2.75) is 18.9 Å². The van der Waals surface area contributed by atoms with Gasteiger partial charge < -0.3 is 9.64 Å². The van der Waals surface area contributed by atoms with E-state index >= 15 is 0 Å². The summed E-state index contributed by atoms with van der Waals surface area (Å²) in [5.41, 5.74) is 1.44. The average Bonchev–Trinajstić information content (AvgIpc) is 2.72. The molecule has 28 heavy (non-hydrogen) atoms. The quantitative estimate of drug-likeness (QED) is 0.454. The Hall–Kier alpha value is -3.22. The van der Waals surface area contributed by atoms with Crippen LogP contribution in [0.5, 0.6) is 0 Å². The fourth-order valence-corrected chi connectivity index (χ4v) is 3.87. The number of fused-ring (bicyclic) bond motifs is 3. The zero-order valence-electron chi connectivity index (χ0n) is 15.1. The van der Waals surface area contributed by atoms with Gasteiger partial charge in [0.1, 0.15) is 11.9 Å². The van der Waals surface area contributed by atoms with Crippen LogP contribution < -0.4 is 0 Å². The molecule has 0 N–H and O–H groups in total. The number of non-ortho nitro benzene ring substituents is 1. The SMILES string of the molecule is O=C(OC1/C(=C/c2ccccc2F)N2CCC1CC2)c1ccc([N+](=O)[O-])cc1. The topological polar surface area (TPSA) is 72.7 Å². The Morgan fingerprint density at radius 1 is 1.14 bits per heavy atom. The smallest absolute Gasteiger partial charge is 0.338 e. The third-order valence-corrected chi connectivity index (χ3v) is 5.38. The minimum absolute atomic E-state index is 0.0838. The van der Waals surface area contributed by atoms with E-state index < -0.39 is 17.0 Å². The molecule has 6 nitrogen and oxygen atoms in total. The van der Waals surface area contributed by atoms with Crippen molar-refractivity contribution >= 4 is 17.7 Å². The molecule has 0 aliphatic carbocycles. The van der Waals surface area contributed by atoms with Crippen LogP contribution in [0.4, 0.5) is 10.1 Å². The number of halogens is 1. The molecule has 0 amide bonds. The second-order valence-corrected chi connectivity index (χ2v) is 7.05. The summed E-state index contributed by atoms with van der Waals surface area (Å²) in [7, 11) is 0. The lowest BCUT2D eigenvalue weighted by Crippen LogP contribution is -2.50. The van der Waals surface area contributed by atoms with Gasteiger partial charge >= 0.3 is 5.97 Å². The summed E-state index contributed by atoms with van der Waals surface area (Å²) in [6.07, 6.45) is 3.12. The number of esters is 1. The average molecular weight is 382 g/mol. The van der Waals surface area contributed by atoms with Crippen molar-refractivity contribution in [3.63, 3.8) is 0 Å². The predicted octanol–water partition coefficient (Wildman–Crippen LogP) is 4.03. The van der Waals surface area contributed by atoms with Gasteiger partial charge in [0.15, 0.2) is 0 Å². The Bertz CT molecular complexity index is 934. The maximum atomic E-state index is 14.1. The van der Waals surface area contributed by atoms with Crippen LogP contribution >= 0.6 is 0 Å². The summed E-state index contributed by atoms with van der Waals surface area (Å²) in [5.74, 6) is -0.670. The van der Waals surface area contributed by atoms with Crippen LogP contribution in [0.1, 0.15) is 28.8 Å². The minimum atomic E-state index is -0.534. The second-order valence-electron chi connectivity index (χ2n) is 7.05. The van der Waals surface area contributed by atoms with Gasteiger partial charge in [-0.1, -0.05) is 18.2 Å². The summed E-state index contributed by atoms with van der Waals surface area (Å²) in [5, 5.41) is 10.8. The van der Waals surface area contributed by atoms with Crippen LogP contribution in [0.15, 0.2) is 54.2 Å². The van der Waals surface area contributed by atoms with E-state index in [0.29, 0.717) is 5.56 Å². The molecule has 7 heteroatoms. The number of benzene rings is 2. The van der Waals surface area contributed by atoms with Crippen molar-refractivity contribution in [1.82, 2.24) is 4.90 Å². The van der Waals surface area contributed by atoms with Crippen molar-refractivity contribution in [2.75, 3.05) is 13.1 Å². The summed E-state index contributed by atoms with van der Waals surface area (Å²) >= 11 is 0. The number of nitro groups is 1.